The summed E-state index contributed by atoms with van der Waals surface area (Å²) in [7, 11) is 0. The summed E-state index contributed by atoms with van der Waals surface area (Å²) >= 11 is 0. The molecule has 0 fully saturated rings. The van der Waals surface area contributed by atoms with Gasteiger partial charge in [0.15, 0.2) is 0 Å². The molecule has 1 N–H and O–H groups in total. The van der Waals surface area contributed by atoms with Crippen molar-refractivity contribution in [2.75, 3.05) is 0 Å². The SMILES string of the molecule is CCn1c(C(=O)O)ccc1-c1cc(C)cc(C)c1. The van der Waals surface area contributed by atoms with Crippen LogP contribution in [0.4, 0.5) is 0 Å². The molecule has 94 valence electrons. The third kappa shape index (κ3) is 2.16. The molecule has 0 saturated carbocycles. The summed E-state index contributed by atoms with van der Waals surface area (Å²) in [5.74, 6) is -0.882. The molecule has 0 unspecified atom stereocenters. The number of rotatable bonds is 3. The zero-order chi connectivity index (χ0) is 13.3. The zero-order valence-electron chi connectivity index (χ0n) is 10.9. The van der Waals surface area contributed by atoms with Gasteiger partial charge in [0.05, 0.1) is 0 Å². The minimum absolute atomic E-state index is 0.339. The standard InChI is InChI=1S/C15H17NO2/c1-4-16-13(5-6-14(16)15(17)18)12-8-10(2)7-11(3)9-12/h5-9H,4H2,1-3H3,(H,17,18). The molecule has 1 heterocycles. The summed E-state index contributed by atoms with van der Waals surface area (Å²) in [5.41, 5.74) is 4.74. The third-order valence-electron chi connectivity index (χ3n) is 3.03. The van der Waals surface area contributed by atoms with Gasteiger partial charge in [0.25, 0.3) is 0 Å². The highest BCUT2D eigenvalue weighted by Crippen LogP contribution is 2.25. The van der Waals surface area contributed by atoms with Gasteiger partial charge in [-0.25, -0.2) is 4.79 Å². The average Bonchev–Trinajstić information content (AvgIpc) is 2.70. The van der Waals surface area contributed by atoms with Crippen LogP contribution < -0.4 is 0 Å². The predicted octanol–water partition coefficient (Wildman–Crippen LogP) is 3.49. The van der Waals surface area contributed by atoms with Crippen LogP contribution in [0, 0.1) is 13.8 Å². The molecule has 0 aliphatic rings. The lowest BCUT2D eigenvalue weighted by Crippen LogP contribution is -2.08. The fraction of sp³-hybridized carbons (Fsp3) is 0.267. The molecule has 18 heavy (non-hydrogen) atoms. The molecule has 0 bridgehead atoms. The van der Waals surface area contributed by atoms with E-state index in [0.717, 1.165) is 11.3 Å². The monoisotopic (exact) mass is 243 g/mol. The second kappa shape index (κ2) is 4.69. The fourth-order valence-corrected chi connectivity index (χ4v) is 2.37. The van der Waals surface area contributed by atoms with Gasteiger partial charge < -0.3 is 9.67 Å². The number of hydrogen-bond acceptors (Lipinski definition) is 1. The second-order valence-corrected chi connectivity index (χ2v) is 4.53. The lowest BCUT2D eigenvalue weighted by atomic mass is 10.1. The number of carboxylic acids is 1. The van der Waals surface area contributed by atoms with E-state index in [-0.39, 0.29) is 0 Å². The largest absolute Gasteiger partial charge is 0.477 e. The maximum absolute atomic E-state index is 11.1. The Kier molecular flexibility index (Phi) is 3.24. The summed E-state index contributed by atoms with van der Waals surface area (Å²) in [6, 6.07) is 9.82. The van der Waals surface area contributed by atoms with Crippen LogP contribution in [0.1, 0.15) is 28.5 Å². The molecule has 0 aliphatic heterocycles. The van der Waals surface area contributed by atoms with E-state index in [2.05, 4.69) is 18.2 Å². The van der Waals surface area contributed by atoms with E-state index in [4.69, 9.17) is 5.11 Å². The average molecular weight is 243 g/mol. The first kappa shape index (κ1) is 12.4. The summed E-state index contributed by atoms with van der Waals surface area (Å²) in [5, 5.41) is 9.15. The molecule has 1 aromatic heterocycles. The molecular formula is C15H17NO2. The van der Waals surface area contributed by atoms with E-state index < -0.39 is 5.97 Å². The number of aromatic carboxylic acids is 1. The molecule has 0 atom stereocenters. The van der Waals surface area contributed by atoms with Gasteiger partial charge in [-0.05, 0) is 50.6 Å². The van der Waals surface area contributed by atoms with Gasteiger partial charge in [-0.15, -0.1) is 0 Å². The van der Waals surface area contributed by atoms with Crippen LogP contribution >= 0.6 is 0 Å². The number of nitrogens with zero attached hydrogens (tertiary/aromatic N) is 1. The highest BCUT2D eigenvalue weighted by Gasteiger charge is 2.14. The minimum Gasteiger partial charge on any atom is -0.477 e. The molecule has 0 aliphatic carbocycles. The van der Waals surface area contributed by atoms with Crippen molar-refractivity contribution in [1.82, 2.24) is 4.57 Å². The molecular weight excluding hydrogens is 226 g/mol. The van der Waals surface area contributed by atoms with Gasteiger partial charge in [-0.2, -0.15) is 0 Å². The molecule has 3 nitrogen and oxygen atoms in total. The summed E-state index contributed by atoms with van der Waals surface area (Å²) in [6.07, 6.45) is 0. The van der Waals surface area contributed by atoms with Crippen molar-refractivity contribution in [3.05, 3.63) is 47.2 Å². The lowest BCUT2D eigenvalue weighted by molar-refractivity contribution is 0.0685. The Labute approximate surface area is 107 Å². The Morgan fingerprint density at radius 3 is 2.28 bits per heavy atom. The van der Waals surface area contributed by atoms with Gasteiger partial charge in [0.1, 0.15) is 5.69 Å². The van der Waals surface area contributed by atoms with Crippen molar-refractivity contribution in [3.63, 3.8) is 0 Å². The minimum atomic E-state index is -0.882. The van der Waals surface area contributed by atoms with Crippen molar-refractivity contribution in [1.29, 1.82) is 0 Å². The Bertz CT molecular complexity index is 576. The van der Waals surface area contributed by atoms with Crippen LogP contribution in [0.15, 0.2) is 30.3 Å². The number of benzene rings is 1. The van der Waals surface area contributed by atoms with Gasteiger partial charge in [0.2, 0.25) is 0 Å². The van der Waals surface area contributed by atoms with Crippen LogP contribution in [0.5, 0.6) is 0 Å². The topological polar surface area (TPSA) is 42.2 Å². The summed E-state index contributed by atoms with van der Waals surface area (Å²) < 4.78 is 1.83. The Morgan fingerprint density at radius 2 is 1.78 bits per heavy atom. The van der Waals surface area contributed by atoms with E-state index in [9.17, 15) is 4.79 Å². The van der Waals surface area contributed by atoms with E-state index in [1.54, 1.807) is 6.07 Å². The molecule has 0 saturated heterocycles. The smallest absolute Gasteiger partial charge is 0.352 e. The third-order valence-corrected chi connectivity index (χ3v) is 3.03. The van der Waals surface area contributed by atoms with Crippen molar-refractivity contribution >= 4 is 5.97 Å². The molecule has 0 spiro atoms. The number of hydrogen-bond donors (Lipinski definition) is 1. The second-order valence-electron chi connectivity index (χ2n) is 4.53. The van der Waals surface area contributed by atoms with Crippen LogP contribution in [0.3, 0.4) is 0 Å². The van der Waals surface area contributed by atoms with Gasteiger partial charge in [-0.3, -0.25) is 0 Å². The van der Waals surface area contributed by atoms with Crippen molar-refractivity contribution < 1.29 is 9.90 Å². The van der Waals surface area contributed by atoms with E-state index >= 15 is 0 Å². The quantitative estimate of drug-likeness (QED) is 0.896. The van der Waals surface area contributed by atoms with E-state index in [1.807, 2.05) is 31.4 Å². The molecule has 2 aromatic rings. The number of aromatic nitrogens is 1. The Morgan fingerprint density at radius 1 is 1.17 bits per heavy atom. The van der Waals surface area contributed by atoms with Gasteiger partial charge in [-0.1, -0.05) is 17.2 Å². The van der Waals surface area contributed by atoms with Crippen LogP contribution in [-0.4, -0.2) is 15.6 Å². The molecule has 0 amide bonds. The van der Waals surface area contributed by atoms with Gasteiger partial charge in [0, 0.05) is 12.2 Å². The first-order chi connectivity index (χ1) is 8.52. The molecule has 2 rings (SSSR count). The fourth-order valence-electron chi connectivity index (χ4n) is 2.37. The first-order valence-electron chi connectivity index (χ1n) is 6.04. The maximum Gasteiger partial charge on any atom is 0.352 e. The Hall–Kier alpha value is -2.03. The highest BCUT2D eigenvalue weighted by atomic mass is 16.4. The summed E-state index contributed by atoms with van der Waals surface area (Å²) in [4.78, 5) is 11.1. The lowest BCUT2D eigenvalue weighted by Gasteiger charge is -2.10. The maximum atomic E-state index is 11.1. The van der Waals surface area contributed by atoms with Gasteiger partial charge >= 0.3 is 5.97 Å². The molecule has 1 aromatic carbocycles. The van der Waals surface area contributed by atoms with E-state index in [0.29, 0.717) is 12.2 Å². The normalized spacial score (nSPS) is 10.6. The van der Waals surface area contributed by atoms with Crippen LogP contribution in [0.2, 0.25) is 0 Å². The van der Waals surface area contributed by atoms with Crippen molar-refractivity contribution in [3.8, 4) is 11.3 Å². The highest BCUT2D eigenvalue weighted by molar-refractivity contribution is 5.87. The van der Waals surface area contributed by atoms with Crippen LogP contribution in [0.25, 0.3) is 11.3 Å². The number of carboxylic acid groups (broad SMARTS) is 1. The number of carbonyl (C=O) groups is 1. The summed E-state index contributed by atoms with van der Waals surface area (Å²) in [6.45, 7) is 6.71. The zero-order valence-corrected chi connectivity index (χ0v) is 10.9. The first-order valence-corrected chi connectivity index (χ1v) is 6.04. The molecule has 0 radical (unpaired) electrons. The molecule has 3 heteroatoms. The Balaban J connectivity index is 2.60. The van der Waals surface area contributed by atoms with E-state index in [1.165, 1.54) is 11.1 Å². The predicted molar refractivity (Wildman–Crippen MR) is 72.0 cm³/mol. The van der Waals surface area contributed by atoms with Crippen molar-refractivity contribution in [2.24, 2.45) is 0 Å². The van der Waals surface area contributed by atoms with Crippen LogP contribution in [-0.2, 0) is 6.54 Å². The number of aryl methyl sites for hydroxylation is 2. The van der Waals surface area contributed by atoms with Crippen molar-refractivity contribution in [2.45, 2.75) is 27.3 Å².